The highest BCUT2D eigenvalue weighted by molar-refractivity contribution is 9.10. The van der Waals surface area contributed by atoms with Crippen LogP contribution in [0.3, 0.4) is 0 Å². The Balaban J connectivity index is 2.23. The van der Waals surface area contributed by atoms with E-state index in [1.807, 2.05) is 0 Å². The maximum absolute atomic E-state index is 11.9. The van der Waals surface area contributed by atoms with Crippen LogP contribution >= 0.6 is 15.9 Å². The lowest BCUT2D eigenvalue weighted by atomic mass is 10.3. The van der Waals surface area contributed by atoms with Gasteiger partial charge in [0.15, 0.2) is 0 Å². The first-order valence-corrected chi connectivity index (χ1v) is 5.98. The van der Waals surface area contributed by atoms with E-state index in [1.165, 1.54) is 30.6 Å². The number of pyridine rings is 2. The molecule has 0 unspecified atom stereocenters. The maximum Gasteiger partial charge on any atom is 0.354 e. The van der Waals surface area contributed by atoms with Gasteiger partial charge in [-0.25, -0.2) is 9.78 Å². The van der Waals surface area contributed by atoms with Crippen molar-refractivity contribution in [3.05, 3.63) is 52.5 Å². The molecule has 0 bridgehead atoms. The third kappa shape index (κ3) is 3.14. The molecule has 0 saturated heterocycles. The van der Waals surface area contributed by atoms with Crippen molar-refractivity contribution >= 4 is 33.5 Å². The van der Waals surface area contributed by atoms with Crippen LogP contribution in [0.2, 0.25) is 0 Å². The average Bonchev–Trinajstić information content (AvgIpc) is 2.41. The molecule has 19 heavy (non-hydrogen) atoms. The number of aromatic nitrogens is 2. The standard InChI is InChI=1S/C12H8BrN3O3/c13-7-6-14-5-4-8(7)16-11(17)9-2-1-3-10(15-9)12(18)19/h1-6H,(H,18,19)(H,14,16,17). The number of carboxylic acids is 1. The van der Waals surface area contributed by atoms with E-state index in [0.29, 0.717) is 10.2 Å². The van der Waals surface area contributed by atoms with Gasteiger partial charge in [-0.15, -0.1) is 0 Å². The largest absolute Gasteiger partial charge is 0.477 e. The predicted octanol–water partition coefficient (Wildman–Crippen LogP) is 2.19. The Morgan fingerprint density at radius 1 is 1.21 bits per heavy atom. The molecule has 0 fully saturated rings. The van der Waals surface area contributed by atoms with Crippen molar-refractivity contribution in [2.45, 2.75) is 0 Å². The van der Waals surface area contributed by atoms with Crippen molar-refractivity contribution in [1.29, 1.82) is 0 Å². The monoisotopic (exact) mass is 321 g/mol. The quantitative estimate of drug-likeness (QED) is 0.904. The molecule has 0 radical (unpaired) electrons. The molecule has 7 heteroatoms. The van der Waals surface area contributed by atoms with Crippen LogP contribution in [0.1, 0.15) is 21.0 Å². The summed E-state index contributed by atoms with van der Waals surface area (Å²) in [6.07, 6.45) is 3.07. The molecule has 96 valence electrons. The summed E-state index contributed by atoms with van der Waals surface area (Å²) in [5.41, 5.74) is 0.382. The number of carbonyl (C=O) groups excluding carboxylic acids is 1. The van der Waals surface area contributed by atoms with Gasteiger partial charge in [0.25, 0.3) is 5.91 Å². The van der Waals surface area contributed by atoms with E-state index < -0.39 is 11.9 Å². The number of hydrogen-bond donors (Lipinski definition) is 2. The third-order valence-corrected chi connectivity index (χ3v) is 2.85. The molecule has 0 spiro atoms. The normalized spacial score (nSPS) is 9.95. The summed E-state index contributed by atoms with van der Waals surface area (Å²) >= 11 is 3.24. The number of aromatic carboxylic acids is 1. The summed E-state index contributed by atoms with van der Waals surface area (Å²) in [5.74, 6) is -1.67. The van der Waals surface area contributed by atoms with Gasteiger partial charge in [0.05, 0.1) is 10.2 Å². The molecule has 2 heterocycles. The Morgan fingerprint density at radius 3 is 2.63 bits per heavy atom. The molecule has 2 aromatic heterocycles. The Bertz CT molecular complexity index is 646. The lowest BCUT2D eigenvalue weighted by Crippen LogP contribution is -2.15. The van der Waals surface area contributed by atoms with E-state index >= 15 is 0 Å². The van der Waals surface area contributed by atoms with Crippen LogP contribution < -0.4 is 5.32 Å². The van der Waals surface area contributed by atoms with E-state index in [0.717, 1.165) is 0 Å². The highest BCUT2D eigenvalue weighted by Gasteiger charge is 2.12. The molecule has 0 atom stereocenters. The van der Waals surface area contributed by atoms with E-state index in [2.05, 4.69) is 31.2 Å². The first-order valence-electron chi connectivity index (χ1n) is 5.19. The fourth-order valence-corrected chi connectivity index (χ4v) is 1.69. The second kappa shape index (κ2) is 5.57. The summed E-state index contributed by atoms with van der Waals surface area (Å²) in [6.45, 7) is 0. The van der Waals surface area contributed by atoms with Gasteiger partial charge in [-0.1, -0.05) is 6.07 Å². The molecular formula is C12H8BrN3O3. The van der Waals surface area contributed by atoms with Gasteiger partial charge in [-0.05, 0) is 34.1 Å². The number of carbonyl (C=O) groups is 2. The maximum atomic E-state index is 11.9. The van der Waals surface area contributed by atoms with Crippen molar-refractivity contribution in [3.63, 3.8) is 0 Å². The molecule has 0 aromatic carbocycles. The third-order valence-electron chi connectivity index (χ3n) is 2.22. The Hall–Kier alpha value is -2.28. The number of amides is 1. The van der Waals surface area contributed by atoms with Crippen LogP contribution in [-0.4, -0.2) is 27.0 Å². The first-order chi connectivity index (χ1) is 9.08. The van der Waals surface area contributed by atoms with Crippen molar-refractivity contribution in [2.24, 2.45) is 0 Å². The Morgan fingerprint density at radius 2 is 1.95 bits per heavy atom. The number of hydrogen-bond acceptors (Lipinski definition) is 4. The van der Waals surface area contributed by atoms with Crippen molar-refractivity contribution in [1.82, 2.24) is 9.97 Å². The minimum atomic E-state index is -1.18. The molecule has 2 aromatic rings. The summed E-state index contributed by atoms with van der Waals surface area (Å²) in [5, 5.41) is 11.4. The van der Waals surface area contributed by atoms with Gasteiger partial charge in [-0.3, -0.25) is 9.78 Å². The topological polar surface area (TPSA) is 92.2 Å². The Labute approximate surface area is 116 Å². The smallest absolute Gasteiger partial charge is 0.354 e. The zero-order chi connectivity index (χ0) is 13.8. The number of anilines is 1. The van der Waals surface area contributed by atoms with Gasteiger partial charge in [0.1, 0.15) is 11.4 Å². The molecule has 0 saturated carbocycles. The van der Waals surface area contributed by atoms with Crippen LogP contribution in [-0.2, 0) is 0 Å². The molecular weight excluding hydrogens is 314 g/mol. The van der Waals surface area contributed by atoms with Crippen molar-refractivity contribution in [3.8, 4) is 0 Å². The lowest BCUT2D eigenvalue weighted by molar-refractivity contribution is 0.0690. The Kier molecular flexibility index (Phi) is 3.86. The lowest BCUT2D eigenvalue weighted by Gasteiger charge is -2.06. The summed E-state index contributed by atoms with van der Waals surface area (Å²) in [7, 11) is 0. The van der Waals surface area contributed by atoms with Crippen molar-refractivity contribution < 1.29 is 14.7 Å². The molecule has 1 amide bonds. The first kappa shape index (κ1) is 13.2. The minimum Gasteiger partial charge on any atom is -0.477 e. The number of carboxylic acid groups (broad SMARTS) is 1. The van der Waals surface area contributed by atoms with Crippen LogP contribution in [0.4, 0.5) is 5.69 Å². The van der Waals surface area contributed by atoms with E-state index in [-0.39, 0.29) is 11.4 Å². The summed E-state index contributed by atoms with van der Waals surface area (Å²) < 4.78 is 0.623. The van der Waals surface area contributed by atoms with Gasteiger partial charge in [0.2, 0.25) is 0 Å². The average molecular weight is 322 g/mol. The van der Waals surface area contributed by atoms with Gasteiger partial charge < -0.3 is 10.4 Å². The molecule has 2 rings (SSSR count). The number of rotatable bonds is 3. The van der Waals surface area contributed by atoms with E-state index in [9.17, 15) is 9.59 Å². The predicted molar refractivity (Wildman–Crippen MR) is 71.1 cm³/mol. The van der Waals surface area contributed by atoms with E-state index in [4.69, 9.17) is 5.11 Å². The van der Waals surface area contributed by atoms with Crippen LogP contribution in [0, 0.1) is 0 Å². The second-order valence-electron chi connectivity index (χ2n) is 3.52. The molecule has 6 nitrogen and oxygen atoms in total. The highest BCUT2D eigenvalue weighted by atomic mass is 79.9. The zero-order valence-corrected chi connectivity index (χ0v) is 11.1. The summed E-state index contributed by atoms with van der Waals surface area (Å²) in [6, 6.07) is 5.84. The van der Waals surface area contributed by atoms with Gasteiger partial charge >= 0.3 is 5.97 Å². The zero-order valence-electron chi connectivity index (χ0n) is 9.50. The molecule has 0 aliphatic heterocycles. The number of halogens is 1. The van der Waals surface area contributed by atoms with Crippen molar-refractivity contribution in [2.75, 3.05) is 5.32 Å². The fourth-order valence-electron chi connectivity index (χ4n) is 1.34. The van der Waals surface area contributed by atoms with Gasteiger partial charge in [-0.2, -0.15) is 0 Å². The second-order valence-corrected chi connectivity index (χ2v) is 4.38. The van der Waals surface area contributed by atoms with Gasteiger partial charge in [0, 0.05) is 12.4 Å². The summed E-state index contributed by atoms with van der Waals surface area (Å²) in [4.78, 5) is 30.3. The molecule has 0 aliphatic rings. The SMILES string of the molecule is O=C(O)c1cccc(C(=O)Nc2ccncc2Br)n1. The molecule has 2 N–H and O–H groups in total. The van der Waals surface area contributed by atoms with Crippen LogP contribution in [0.5, 0.6) is 0 Å². The highest BCUT2D eigenvalue weighted by Crippen LogP contribution is 2.20. The number of nitrogens with zero attached hydrogens (tertiary/aromatic N) is 2. The minimum absolute atomic E-state index is 0.0311. The van der Waals surface area contributed by atoms with Crippen LogP contribution in [0.25, 0.3) is 0 Å². The fraction of sp³-hybridized carbons (Fsp3) is 0. The van der Waals surface area contributed by atoms with Crippen LogP contribution in [0.15, 0.2) is 41.1 Å². The molecule has 0 aliphatic carbocycles. The number of nitrogens with one attached hydrogen (secondary N) is 1. The van der Waals surface area contributed by atoms with E-state index in [1.54, 1.807) is 6.07 Å².